The van der Waals surface area contributed by atoms with Crippen molar-refractivity contribution in [2.24, 2.45) is 0 Å². The van der Waals surface area contributed by atoms with Crippen LogP contribution in [0.3, 0.4) is 0 Å². The van der Waals surface area contributed by atoms with Gasteiger partial charge in [-0.15, -0.1) is 6.58 Å². The van der Waals surface area contributed by atoms with Gasteiger partial charge in [-0.25, -0.2) is 0 Å². The van der Waals surface area contributed by atoms with E-state index >= 15 is 0 Å². The van der Waals surface area contributed by atoms with E-state index in [0.29, 0.717) is 6.16 Å². The summed E-state index contributed by atoms with van der Waals surface area (Å²) in [7, 11) is -0.756. The van der Waals surface area contributed by atoms with Crippen LogP contribution in [0.2, 0.25) is 0 Å². The van der Waals surface area contributed by atoms with Gasteiger partial charge in [-0.1, -0.05) is 6.08 Å². The summed E-state index contributed by atoms with van der Waals surface area (Å²) >= 11 is 0. The molecule has 1 atom stereocenters. The fourth-order valence-electron chi connectivity index (χ4n) is 0.614. The van der Waals surface area contributed by atoms with Crippen molar-refractivity contribution < 1.29 is 9.09 Å². The van der Waals surface area contributed by atoms with Crippen molar-refractivity contribution in [3.05, 3.63) is 12.7 Å². The third-order valence-corrected chi connectivity index (χ3v) is 3.26. The molecule has 60 valence electrons. The van der Waals surface area contributed by atoms with Gasteiger partial charge in [0.15, 0.2) is 7.37 Å². The van der Waals surface area contributed by atoms with Gasteiger partial charge in [-0.05, 0) is 12.8 Å². The zero-order chi connectivity index (χ0) is 8.04. The molecule has 0 saturated heterocycles. The molecule has 0 bridgehead atoms. The Morgan fingerprint density at radius 2 is 2.30 bits per heavy atom. The Bertz CT molecular complexity index is 143. The molecular formula is C7H15O2P. The molecule has 0 aromatic carbocycles. The maximum atomic E-state index is 11.2. The lowest BCUT2D eigenvalue weighted by Crippen LogP contribution is -1.89. The van der Waals surface area contributed by atoms with Crippen molar-refractivity contribution in [2.45, 2.75) is 12.8 Å². The Hall–Kier alpha value is -0.0700. The Kier molecular flexibility index (Phi) is 4.67. The molecule has 0 spiro atoms. The van der Waals surface area contributed by atoms with Crippen molar-refractivity contribution in [3.8, 4) is 0 Å². The van der Waals surface area contributed by atoms with E-state index in [0.717, 1.165) is 12.8 Å². The Morgan fingerprint density at radius 1 is 1.70 bits per heavy atom. The van der Waals surface area contributed by atoms with Crippen molar-refractivity contribution >= 4 is 7.37 Å². The van der Waals surface area contributed by atoms with Gasteiger partial charge < -0.3 is 4.52 Å². The minimum atomic E-state index is -2.25. The van der Waals surface area contributed by atoms with Gasteiger partial charge in [-0.3, -0.25) is 4.57 Å². The standard InChI is InChI=1S/C7H15O2P/c1-4-5-6-7-10(3,8)9-2/h4H,1,5-7H2,2-3H3. The second kappa shape index (κ2) is 4.70. The molecule has 3 heteroatoms. The first kappa shape index (κ1) is 9.93. The fourth-order valence-corrected chi connectivity index (χ4v) is 1.55. The molecule has 0 amide bonds. The zero-order valence-corrected chi connectivity index (χ0v) is 7.56. The monoisotopic (exact) mass is 162 g/mol. The van der Waals surface area contributed by atoms with Gasteiger partial charge >= 0.3 is 0 Å². The molecule has 0 aromatic rings. The number of unbranched alkanes of at least 4 members (excludes halogenated alkanes) is 1. The lowest BCUT2D eigenvalue weighted by Gasteiger charge is -2.08. The molecular weight excluding hydrogens is 147 g/mol. The molecule has 0 N–H and O–H groups in total. The number of hydrogen-bond donors (Lipinski definition) is 0. The molecule has 2 nitrogen and oxygen atoms in total. The first-order valence-electron chi connectivity index (χ1n) is 3.35. The molecule has 0 aliphatic carbocycles. The lowest BCUT2D eigenvalue weighted by atomic mass is 10.3. The molecule has 0 aliphatic heterocycles. The highest BCUT2D eigenvalue weighted by Gasteiger charge is 2.11. The lowest BCUT2D eigenvalue weighted by molar-refractivity contribution is 0.398. The van der Waals surface area contributed by atoms with Crippen LogP contribution in [0, 0.1) is 0 Å². The van der Waals surface area contributed by atoms with E-state index in [1.54, 1.807) is 6.66 Å². The van der Waals surface area contributed by atoms with Crippen LogP contribution in [-0.4, -0.2) is 19.9 Å². The summed E-state index contributed by atoms with van der Waals surface area (Å²) in [5.74, 6) is 0. The SMILES string of the molecule is C=CCCCP(C)(=O)OC. The van der Waals surface area contributed by atoms with E-state index in [9.17, 15) is 4.57 Å². The molecule has 0 rings (SSSR count). The van der Waals surface area contributed by atoms with Crippen LogP contribution in [-0.2, 0) is 9.09 Å². The normalized spacial score (nSPS) is 16.2. The van der Waals surface area contributed by atoms with Gasteiger partial charge in [0.1, 0.15) is 0 Å². The van der Waals surface area contributed by atoms with Gasteiger partial charge in [0.25, 0.3) is 0 Å². The Morgan fingerprint density at radius 3 is 2.70 bits per heavy atom. The third kappa shape index (κ3) is 4.78. The van der Waals surface area contributed by atoms with E-state index < -0.39 is 7.37 Å². The largest absolute Gasteiger partial charge is 0.332 e. The maximum absolute atomic E-state index is 11.2. The van der Waals surface area contributed by atoms with E-state index in [1.165, 1.54) is 7.11 Å². The summed E-state index contributed by atoms with van der Waals surface area (Å²) in [4.78, 5) is 0. The van der Waals surface area contributed by atoms with Crippen LogP contribution in [0.5, 0.6) is 0 Å². The first-order valence-corrected chi connectivity index (χ1v) is 5.61. The summed E-state index contributed by atoms with van der Waals surface area (Å²) in [6.45, 7) is 5.24. The van der Waals surface area contributed by atoms with Crippen LogP contribution in [0.4, 0.5) is 0 Å². The highest BCUT2D eigenvalue weighted by atomic mass is 31.2. The molecule has 0 fully saturated rings. The molecule has 0 radical (unpaired) electrons. The highest BCUT2D eigenvalue weighted by molar-refractivity contribution is 7.58. The Balaban J connectivity index is 3.47. The van der Waals surface area contributed by atoms with Crippen LogP contribution < -0.4 is 0 Å². The average molecular weight is 162 g/mol. The predicted molar refractivity (Wildman–Crippen MR) is 44.8 cm³/mol. The van der Waals surface area contributed by atoms with Gasteiger partial charge in [0, 0.05) is 19.9 Å². The van der Waals surface area contributed by atoms with Gasteiger partial charge in [0.05, 0.1) is 0 Å². The third-order valence-electron chi connectivity index (χ3n) is 1.36. The maximum Gasteiger partial charge on any atom is 0.199 e. The van der Waals surface area contributed by atoms with Gasteiger partial charge in [-0.2, -0.15) is 0 Å². The highest BCUT2D eigenvalue weighted by Crippen LogP contribution is 2.41. The van der Waals surface area contributed by atoms with Crippen molar-refractivity contribution in [1.29, 1.82) is 0 Å². The van der Waals surface area contributed by atoms with E-state index in [1.807, 2.05) is 6.08 Å². The van der Waals surface area contributed by atoms with Gasteiger partial charge in [0.2, 0.25) is 0 Å². The molecule has 1 unspecified atom stereocenters. The summed E-state index contributed by atoms with van der Waals surface area (Å²) in [5, 5.41) is 0. The molecule has 10 heavy (non-hydrogen) atoms. The zero-order valence-electron chi connectivity index (χ0n) is 6.67. The van der Waals surface area contributed by atoms with E-state index in [-0.39, 0.29) is 0 Å². The quantitative estimate of drug-likeness (QED) is 0.352. The molecule has 0 saturated carbocycles. The number of allylic oxidation sites excluding steroid dienone is 1. The first-order chi connectivity index (χ1) is 4.62. The molecule has 0 aliphatic rings. The fraction of sp³-hybridized carbons (Fsp3) is 0.714. The van der Waals surface area contributed by atoms with Crippen molar-refractivity contribution in [3.63, 3.8) is 0 Å². The minimum Gasteiger partial charge on any atom is -0.332 e. The summed E-state index contributed by atoms with van der Waals surface area (Å²) < 4.78 is 16.0. The van der Waals surface area contributed by atoms with E-state index in [2.05, 4.69) is 6.58 Å². The second-order valence-electron chi connectivity index (χ2n) is 2.35. The second-order valence-corrected chi connectivity index (χ2v) is 5.19. The van der Waals surface area contributed by atoms with Crippen LogP contribution >= 0.6 is 7.37 Å². The number of rotatable bonds is 5. The van der Waals surface area contributed by atoms with Crippen LogP contribution in [0.1, 0.15) is 12.8 Å². The average Bonchev–Trinajstić information content (AvgIpc) is 1.89. The van der Waals surface area contributed by atoms with Crippen LogP contribution in [0.15, 0.2) is 12.7 Å². The minimum absolute atomic E-state index is 0.662. The molecule has 0 heterocycles. The predicted octanol–water partition coefficient (Wildman–Crippen LogP) is 2.51. The van der Waals surface area contributed by atoms with Crippen LogP contribution in [0.25, 0.3) is 0 Å². The molecule has 0 aromatic heterocycles. The smallest absolute Gasteiger partial charge is 0.199 e. The summed E-state index contributed by atoms with van der Waals surface area (Å²) in [6.07, 6.45) is 4.32. The Labute approximate surface area is 62.7 Å². The van der Waals surface area contributed by atoms with Crippen molar-refractivity contribution in [2.75, 3.05) is 19.9 Å². The summed E-state index contributed by atoms with van der Waals surface area (Å²) in [6, 6.07) is 0. The number of hydrogen-bond acceptors (Lipinski definition) is 2. The topological polar surface area (TPSA) is 26.3 Å². The van der Waals surface area contributed by atoms with Crippen molar-refractivity contribution in [1.82, 2.24) is 0 Å². The van der Waals surface area contributed by atoms with E-state index in [4.69, 9.17) is 4.52 Å². The summed E-state index contributed by atoms with van der Waals surface area (Å²) in [5.41, 5.74) is 0.